The first-order valence-electron chi connectivity index (χ1n) is 4.66. The van der Waals surface area contributed by atoms with Crippen molar-refractivity contribution in [2.24, 2.45) is 5.84 Å². The fourth-order valence-electron chi connectivity index (χ4n) is 1.17. The summed E-state index contributed by atoms with van der Waals surface area (Å²) < 4.78 is 0. The zero-order chi connectivity index (χ0) is 12.8. The lowest BCUT2D eigenvalue weighted by atomic mass is 10.2. The molecule has 0 atom stereocenters. The Morgan fingerprint density at radius 2 is 1.82 bits per heavy atom. The van der Waals surface area contributed by atoms with Gasteiger partial charge in [-0.1, -0.05) is 12.1 Å². The number of amides is 2. The number of nitrogens with two attached hydrogens (primary N) is 1. The van der Waals surface area contributed by atoms with Crippen molar-refractivity contribution >= 4 is 23.5 Å². The molecule has 0 radical (unpaired) electrons. The molecule has 1 aromatic rings. The Hall–Kier alpha value is -2.41. The third kappa shape index (κ3) is 3.58. The summed E-state index contributed by atoms with van der Waals surface area (Å²) in [5.41, 5.74) is 1.89. The molecule has 2 amide bonds. The number of aromatic carboxylic acids is 1. The number of carbonyl (C=O) groups excluding carboxylic acids is 2. The van der Waals surface area contributed by atoms with Crippen LogP contribution >= 0.6 is 0 Å². The Balaban J connectivity index is 2.78. The quantitative estimate of drug-likeness (QED) is 0.248. The van der Waals surface area contributed by atoms with Crippen molar-refractivity contribution < 1.29 is 19.5 Å². The molecule has 0 saturated carbocycles. The topological polar surface area (TPSA) is 122 Å². The molecular formula is C10H11N3O4. The molecule has 5 N–H and O–H groups in total. The molecule has 0 aliphatic carbocycles. The lowest BCUT2D eigenvalue weighted by Gasteiger charge is -2.07. The second kappa shape index (κ2) is 5.61. The summed E-state index contributed by atoms with van der Waals surface area (Å²) in [6, 6.07) is 5.89. The van der Waals surface area contributed by atoms with E-state index < -0.39 is 24.2 Å². The van der Waals surface area contributed by atoms with E-state index >= 15 is 0 Å². The maximum absolute atomic E-state index is 11.3. The molecule has 1 rings (SSSR count). The van der Waals surface area contributed by atoms with Crippen molar-refractivity contribution in [1.29, 1.82) is 0 Å². The third-order valence-corrected chi connectivity index (χ3v) is 1.91. The van der Waals surface area contributed by atoms with Gasteiger partial charge in [0, 0.05) is 0 Å². The van der Waals surface area contributed by atoms with Gasteiger partial charge in [-0.15, -0.1) is 0 Å². The molecule has 0 spiro atoms. The number of anilines is 1. The number of carbonyl (C=O) groups is 3. The first kappa shape index (κ1) is 12.7. The minimum atomic E-state index is -1.16. The van der Waals surface area contributed by atoms with Crippen molar-refractivity contribution in [3.05, 3.63) is 29.8 Å². The van der Waals surface area contributed by atoms with Crippen molar-refractivity contribution in [1.82, 2.24) is 5.43 Å². The van der Waals surface area contributed by atoms with Gasteiger partial charge in [0.1, 0.15) is 6.42 Å². The molecule has 90 valence electrons. The molecule has 0 aliphatic rings. The van der Waals surface area contributed by atoms with Crippen LogP contribution in [0.25, 0.3) is 0 Å². The van der Waals surface area contributed by atoms with Gasteiger partial charge in [0.05, 0.1) is 11.3 Å². The molecule has 0 heterocycles. The van der Waals surface area contributed by atoms with Crippen LogP contribution < -0.4 is 16.6 Å². The van der Waals surface area contributed by atoms with E-state index in [1.54, 1.807) is 11.5 Å². The lowest BCUT2D eigenvalue weighted by Crippen LogP contribution is -2.33. The number of carboxylic acids is 1. The Bertz CT molecular complexity index is 459. The normalized spacial score (nSPS) is 9.47. The van der Waals surface area contributed by atoms with Gasteiger partial charge in [-0.25, -0.2) is 10.6 Å². The van der Waals surface area contributed by atoms with Crippen LogP contribution in [0.2, 0.25) is 0 Å². The predicted molar refractivity (Wildman–Crippen MR) is 59.0 cm³/mol. The summed E-state index contributed by atoms with van der Waals surface area (Å²) in [7, 11) is 0. The number of rotatable bonds is 4. The molecule has 0 saturated heterocycles. The first-order chi connectivity index (χ1) is 8.04. The Labute approximate surface area is 96.6 Å². The second-order valence-electron chi connectivity index (χ2n) is 3.14. The molecule has 0 bridgehead atoms. The number of hydrogen-bond acceptors (Lipinski definition) is 4. The van der Waals surface area contributed by atoms with Crippen LogP contribution in [-0.4, -0.2) is 22.9 Å². The van der Waals surface area contributed by atoms with E-state index in [2.05, 4.69) is 5.32 Å². The average Bonchev–Trinajstić information content (AvgIpc) is 2.29. The summed E-state index contributed by atoms with van der Waals surface area (Å²) in [4.78, 5) is 33.0. The Morgan fingerprint density at radius 1 is 1.18 bits per heavy atom. The highest BCUT2D eigenvalue weighted by Crippen LogP contribution is 2.14. The molecule has 17 heavy (non-hydrogen) atoms. The van der Waals surface area contributed by atoms with Gasteiger partial charge in [-0.2, -0.15) is 0 Å². The fourth-order valence-corrected chi connectivity index (χ4v) is 1.17. The van der Waals surface area contributed by atoms with E-state index in [1.165, 1.54) is 18.2 Å². The number of hydrogen-bond donors (Lipinski definition) is 4. The van der Waals surface area contributed by atoms with E-state index in [0.717, 1.165) is 0 Å². The maximum atomic E-state index is 11.3. The summed E-state index contributed by atoms with van der Waals surface area (Å²) in [6.45, 7) is 0. The van der Waals surface area contributed by atoms with Gasteiger partial charge in [-0.05, 0) is 12.1 Å². The molecule has 0 aromatic heterocycles. The van der Waals surface area contributed by atoms with Gasteiger partial charge < -0.3 is 10.4 Å². The number of carboxylic acid groups (broad SMARTS) is 1. The number of benzene rings is 1. The van der Waals surface area contributed by atoms with Crippen LogP contribution in [-0.2, 0) is 9.59 Å². The summed E-state index contributed by atoms with van der Waals surface area (Å²) in [6.07, 6.45) is -0.468. The average molecular weight is 237 g/mol. The lowest BCUT2D eigenvalue weighted by molar-refractivity contribution is -0.126. The Kier molecular flexibility index (Phi) is 4.18. The molecular weight excluding hydrogens is 226 g/mol. The number of nitrogens with one attached hydrogen (secondary N) is 2. The number of hydrazine groups is 1. The highest BCUT2D eigenvalue weighted by atomic mass is 16.4. The minimum absolute atomic E-state index is 0.0472. The van der Waals surface area contributed by atoms with Gasteiger partial charge >= 0.3 is 5.97 Å². The molecule has 7 heteroatoms. The van der Waals surface area contributed by atoms with Gasteiger partial charge in [-0.3, -0.25) is 15.0 Å². The van der Waals surface area contributed by atoms with Crippen molar-refractivity contribution in [3.8, 4) is 0 Å². The van der Waals surface area contributed by atoms with Crippen LogP contribution in [0.1, 0.15) is 16.8 Å². The smallest absolute Gasteiger partial charge is 0.337 e. The highest BCUT2D eigenvalue weighted by Gasteiger charge is 2.13. The van der Waals surface area contributed by atoms with E-state index in [4.69, 9.17) is 10.9 Å². The number of para-hydroxylation sites is 1. The van der Waals surface area contributed by atoms with Crippen LogP contribution in [0.5, 0.6) is 0 Å². The van der Waals surface area contributed by atoms with E-state index in [-0.39, 0.29) is 11.3 Å². The highest BCUT2D eigenvalue weighted by molar-refractivity contribution is 6.06. The summed E-state index contributed by atoms with van der Waals surface area (Å²) in [5.74, 6) is 2.36. The molecule has 7 nitrogen and oxygen atoms in total. The molecule has 0 aliphatic heterocycles. The van der Waals surface area contributed by atoms with Crippen LogP contribution in [0.4, 0.5) is 5.69 Å². The fraction of sp³-hybridized carbons (Fsp3) is 0.100. The van der Waals surface area contributed by atoms with Crippen molar-refractivity contribution in [3.63, 3.8) is 0 Å². The maximum Gasteiger partial charge on any atom is 0.337 e. The van der Waals surface area contributed by atoms with Crippen LogP contribution in [0, 0.1) is 0 Å². The summed E-state index contributed by atoms with van der Waals surface area (Å²) in [5, 5.41) is 11.2. The Morgan fingerprint density at radius 3 is 2.41 bits per heavy atom. The van der Waals surface area contributed by atoms with Crippen molar-refractivity contribution in [2.75, 3.05) is 5.32 Å². The van der Waals surface area contributed by atoms with E-state index in [1.807, 2.05) is 0 Å². The zero-order valence-corrected chi connectivity index (χ0v) is 8.77. The van der Waals surface area contributed by atoms with Crippen molar-refractivity contribution in [2.45, 2.75) is 6.42 Å². The van der Waals surface area contributed by atoms with E-state index in [9.17, 15) is 14.4 Å². The minimum Gasteiger partial charge on any atom is -0.478 e. The summed E-state index contributed by atoms with van der Waals surface area (Å²) >= 11 is 0. The SMILES string of the molecule is NNC(=O)CC(=O)Nc1ccccc1C(=O)O. The largest absolute Gasteiger partial charge is 0.478 e. The standard InChI is InChI=1S/C10H11N3O4/c11-13-9(15)5-8(14)12-7-4-2-1-3-6(7)10(16)17/h1-4H,5,11H2,(H,12,14)(H,13,15)(H,16,17). The molecule has 0 unspecified atom stereocenters. The monoisotopic (exact) mass is 237 g/mol. The van der Waals surface area contributed by atoms with E-state index in [0.29, 0.717) is 0 Å². The van der Waals surface area contributed by atoms with Gasteiger partial charge in [0.15, 0.2) is 0 Å². The van der Waals surface area contributed by atoms with Gasteiger partial charge in [0.25, 0.3) is 0 Å². The van der Waals surface area contributed by atoms with Crippen LogP contribution in [0.3, 0.4) is 0 Å². The third-order valence-electron chi connectivity index (χ3n) is 1.91. The van der Waals surface area contributed by atoms with Gasteiger partial charge in [0.2, 0.25) is 11.8 Å². The second-order valence-corrected chi connectivity index (χ2v) is 3.14. The first-order valence-corrected chi connectivity index (χ1v) is 4.66. The molecule has 1 aromatic carbocycles. The van der Waals surface area contributed by atoms with Crippen LogP contribution in [0.15, 0.2) is 24.3 Å². The predicted octanol–water partition coefficient (Wildman–Crippen LogP) is -0.297. The molecule has 0 fully saturated rings. The zero-order valence-electron chi connectivity index (χ0n) is 8.77.